The number of hydrogen-bond acceptors (Lipinski definition) is 6. The summed E-state index contributed by atoms with van der Waals surface area (Å²) in [4.78, 5) is 14.8. The SMILES string of the molecule is CN1CCCC1(CO)c1c(O)cc(O)c2c(=O)cc(-c3ccccc3Cl)oc12.Cl. The highest BCUT2D eigenvalue weighted by Crippen LogP contribution is 2.47. The molecule has 0 aliphatic carbocycles. The first-order chi connectivity index (χ1) is 13.4. The van der Waals surface area contributed by atoms with Crippen molar-refractivity contribution in [2.24, 2.45) is 0 Å². The van der Waals surface area contributed by atoms with Crippen LogP contribution in [0.1, 0.15) is 18.4 Å². The molecule has 1 fully saturated rings. The van der Waals surface area contributed by atoms with Crippen molar-refractivity contribution in [3.05, 3.63) is 57.2 Å². The molecule has 29 heavy (non-hydrogen) atoms. The summed E-state index contributed by atoms with van der Waals surface area (Å²) in [5.74, 6) is -0.375. The topological polar surface area (TPSA) is 94.1 Å². The van der Waals surface area contributed by atoms with Crippen LogP contribution < -0.4 is 5.43 Å². The third-order valence-electron chi connectivity index (χ3n) is 5.64. The van der Waals surface area contributed by atoms with Gasteiger partial charge < -0.3 is 19.7 Å². The number of likely N-dealkylation sites (tertiary alicyclic amines) is 1. The van der Waals surface area contributed by atoms with Gasteiger partial charge in [0, 0.05) is 17.7 Å². The Kier molecular flexibility index (Phi) is 5.83. The molecule has 4 rings (SSSR count). The van der Waals surface area contributed by atoms with Crippen molar-refractivity contribution in [2.45, 2.75) is 18.4 Å². The van der Waals surface area contributed by atoms with Crippen molar-refractivity contribution >= 4 is 35.0 Å². The Labute approximate surface area is 178 Å². The number of phenolic OH excluding ortho intramolecular Hbond substituents is 2. The molecule has 1 atom stereocenters. The first kappa shape index (κ1) is 21.5. The van der Waals surface area contributed by atoms with Crippen LogP contribution in [0.25, 0.3) is 22.3 Å². The van der Waals surface area contributed by atoms with E-state index in [2.05, 4.69) is 0 Å². The number of hydrogen-bond donors (Lipinski definition) is 3. The van der Waals surface area contributed by atoms with Crippen molar-refractivity contribution in [3.8, 4) is 22.8 Å². The molecule has 0 radical (unpaired) electrons. The molecule has 1 unspecified atom stereocenters. The fourth-order valence-corrected chi connectivity index (χ4v) is 4.38. The molecule has 0 amide bonds. The van der Waals surface area contributed by atoms with Crippen LogP contribution in [0.15, 0.2) is 45.6 Å². The maximum Gasteiger partial charge on any atom is 0.197 e. The van der Waals surface area contributed by atoms with E-state index in [1.54, 1.807) is 24.3 Å². The average molecular weight is 438 g/mol. The second kappa shape index (κ2) is 7.88. The number of aliphatic hydroxyl groups is 1. The highest BCUT2D eigenvalue weighted by atomic mass is 35.5. The maximum atomic E-state index is 12.8. The van der Waals surface area contributed by atoms with Crippen LogP contribution in [0.2, 0.25) is 5.02 Å². The molecule has 8 heteroatoms. The Morgan fingerprint density at radius 2 is 1.93 bits per heavy atom. The van der Waals surface area contributed by atoms with E-state index in [-0.39, 0.29) is 47.2 Å². The summed E-state index contributed by atoms with van der Waals surface area (Å²) >= 11 is 6.26. The number of benzene rings is 2. The van der Waals surface area contributed by atoms with Crippen molar-refractivity contribution in [3.63, 3.8) is 0 Å². The number of halogens is 2. The lowest BCUT2D eigenvalue weighted by Gasteiger charge is -2.35. The van der Waals surface area contributed by atoms with Gasteiger partial charge in [-0.2, -0.15) is 0 Å². The number of nitrogens with zero attached hydrogens (tertiary/aromatic N) is 1. The summed E-state index contributed by atoms with van der Waals surface area (Å²) in [6.07, 6.45) is 1.39. The number of aliphatic hydroxyl groups excluding tert-OH is 1. The van der Waals surface area contributed by atoms with Gasteiger partial charge in [-0.25, -0.2) is 0 Å². The molecular formula is C21H21Cl2NO5. The van der Waals surface area contributed by atoms with E-state index in [0.29, 0.717) is 22.6 Å². The van der Waals surface area contributed by atoms with Crippen LogP contribution in [0.3, 0.4) is 0 Å². The van der Waals surface area contributed by atoms with Gasteiger partial charge in [-0.15, -0.1) is 12.4 Å². The summed E-state index contributed by atoms with van der Waals surface area (Å²) in [7, 11) is 1.84. The van der Waals surface area contributed by atoms with E-state index >= 15 is 0 Å². The van der Waals surface area contributed by atoms with Gasteiger partial charge in [0.2, 0.25) is 0 Å². The smallest absolute Gasteiger partial charge is 0.197 e. The molecule has 1 aliphatic heterocycles. The van der Waals surface area contributed by atoms with E-state index in [1.807, 2.05) is 11.9 Å². The summed E-state index contributed by atoms with van der Waals surface area (Å²) in [6, 6.07) is 9.34. The van der Waals surface area contributed by atoms with Gasteiger partial charge in [-0.3, -0.25) is 9.69 Å². The molecular weight excluding hydrogens is 417 g/mol. The first-order valence-corrected chi connectivity index (χ1v) is 9.37. The largest absolute Gasteiger partial charge is 0.507 e. The Morgan fingerprint density at radius 3 is 2.55 bits per heavy atom. The fourth-order valence-electron chi connectivity index (χ4n) is 4.15. The van der Waals surface area contributed by atoms with Crippen molar-refractivity contribution in [1.82, 2.24) is 4.90 Å². The summed E-state index contributed by atoms with van der Waals surface area (Å²) in [6.45, 7) is 0.452. The first-order valence-electron chi connectivity index (χ1n) is 8.99. The van der Waals surface area contributed by atoms with Gasteiger partial charge >= 0.3 is 0 Å². The second-order valence-electron chi connectivity index (χ2n) is 7.16. The molecule has 1 saturated heterocycles. The lowest BCUT2D eigenvalue weighted by atomic mass is 9.85. The van der Waals surface area contributed by atoms with E-state index in [9.17, 15) is 20.1 Å². The number of aromatic hydroxyl groups is 2. The quantitative estimate of drug-likeness (QED) is 0.575. The van der Waals surface area contributed by atoms with Gasteiger partial charge in [0.15, 0.2) is 11.0 Å². The van der Waals surface area contributed by atoms with Gasteiger partial charge in [0.25, 0.3) is 0 Å². The monoisotopic (exact) mass is 437 g/mol. The van der Waals surface area contributed by atoms with E-state index < -0.39 is 11.0 Å². The van der Waals surface area contributed by atoms with Crippen LogP contribution in [-0.2, 0) is 5.54 Å². The predicted molar refractivity (Wildman–Crippen MR) is 114 cm³/mol. The lowest BCUT2D eigenvalue weighted by molar-refractivity contribution is 0.0803. The summed E-state index contributed by atoms with van der Waals surface area (Å²) < 4.78 is 6.05. The van der Waals surface area contributed by atoms with Crippen molar-refractivity contribution in [1.29, 1.82) is 0 Å². The second-order valence-corrected chi connectivity index (χ2v) is 7.57. The zero-order chi connectivity index (χ0) is 20.1. The van der Waals surface area contributed by atoms with Crippen molar-refractivity contribution in [2.75, 3.05) is 20.2 Å². The molecule has 1 aliphatic rings. The Bertz CT molecular complexity index is 1130. The zero-order valence-corrected chi connectivity index (χ0v) is 17.3. The molecule has 2 aromatic carbocycles. The fraction of sp³-hybridized carbons (Fsp3) is 0.286. The minimum absolute atomic E-state index is 0. The standard InChI is InChI=1S/C21H20ClNO5.ClH/c1-23-8-4-7-21(23,11-24)19-16(27)9-14(25)18-15(26)10-17(28-20(18)19)12-5-2-3-6-13(12)22;/h2-3,5-6,9-10,24-25,27H,4,7-8,11H2,1H3;1H. The highest BCUT2D eigenvalue weighted by molar-refractivity contribution is 6.33. The number of likely N-dealkylation sites (N-methyl/N-ethyl adjacent to an activating group) is 1. The molecule has 2 heterocycles. The number of phenols is 2. The Balaban J connectivity index is 0.00000240. The predicted octanol–water partition coefficient (Wildman–Crippen LogP) is 3.86. The minimum atomic E-state index is -0.912. The van der Waals surface area contributed by atoms with Crippen LogP contribution in [0, 0.1) is 0 Å². The van der Waals surface area contributed by atoms with Gasteiger partial charge in [0.1, 0.15) is 22.6 Å². The zero-order valence-electron chi connectivity index (χ0n) is 15.7. The summed E-state index contributed by atoms with van der Waals surface area (Å²) in [5.41, 5.74) is -0.486. The Hall–Kier alpha value is -2.25. The third kappa shape index (κ3) is 3.26. The van der Waals surface area contributed by atoms with E-state index in [4.69, 9.17) is 16.0 Å². The van der Waals surface area contributed by atoms with Crippen LogP contribution in [0.4, 0.5) is 0 Å². The highest BCUT2D eigenvalue weighted by Gasteiger charge is 2.44. The van der Waals surface area contributed by atoms with Gasteiger partial charge in [0.05, 0.1) is 22.7 Å². The molecule has 3 aromatic rings. The van der Waals surface area contributed by atoms with Gasteiger partial charge in [-0.05, 0) is 38.6 Å². The molecule has 3 N–H and O–H groups in total. The number of fused-ring (bicyclic) bond motifs is 1. The van der Waals surface area contributed by atoms with Crippen LogP contribution >= 0.6 is 24.0 Å². The van der Waals surface area contributed by atoms with Crippen LogP contribution in [0.5, 0.6) is 11.5 Å². The van der Waals surface area contributed by atoms with Gasteiger partial charge in [-0.1, -0.05) is 23.7 Å². The summed E-state index contributed by atoms with van der Waals surface area (Å²) in [5, 5.41) is 31.6. The molecule has 0 saturated carbocycles. The molecule has 6 nitrogen and oxygen atoms in total. The third-order valence-corrected chi connectivity index (χ3v) is 5.97. The lowest BCUT2D eigenvalue weighted by Crippen LogP contribution is -2.42. The average Bonchev–Trinajstić information content (AvgIpc) is 3.02. The van der Waals surface area contributed by atoms with E-state index in [0.717, 1.165) is 19.0 Å². The maximum absolute atomic E-state index is 12.8. The molecule has 0 bridgehead atoms. The minimum Gasteiger partial charge on any atom is -0.507 e. The normalized spacial score (nSPS) is 19.4. The van der Waals surface area contributed by atoms with Crippen LogP contribution in [-0.4, -0.2) is 40.4 Å². The van der Waals surface area contributed by atoms with Crippen molar-refractivity contribution < 1.29 is 19.7 Å². The number of rotatable bonds is 3. The Morgan fingerprint density at radius 1 is 1.21 bits per heavy atom. The molecule has 0 spiro atoms. The molecule has 1 aromatic heterocycles. The molecule has 154 valence electrons. The van der Waals surface area contributed by atoms with E-state index in [1.165, 1.54) is 6.07 Å².